The number of quaternary nitrogens is 2. The standard InChI is InChI=1S/C25H36N4O2/c1-19(27-16-23-13-21(9-11-25(23)31)18-29(5,6)7)14-26-15-22-12-20(8-10-24(22)30)17-28(2,3)4/h8-13,15-16,19H,14,17-18H2,1-7H3/p+2/t19-/m1/s1. The van der Waals surface area contributed by atoms with Gasteiger partial charge in [-0.2, -0.15) is 0 Å². The lowest BCUT2D eigenvalue weighted by Gasteiger charge is -2.24. The Morgan fingerprint density at radius 3 is 1.68 bits per heavy atom. The fourth-order valence-electron chi connectivity index (χ4n) is 3.27. The first-order valence-electron chi connectivity index (χ1n) is 10.6. The number of hydrogen-bond acceptors (Lipinski definition) is 4. The molecule has 31 heavy (non-hydrogen) atoms. The maximum absolute atomic E-state index is 10.2. The Hall–Kier alpha value is -2.70. The van der Waals surface area contributed by atoms with Crippen molar-refractivity contribution >= 4 is 12.4 Å². The molecule has 0 aliphatic rings. The Bertz CT molecular complexity index is 938. The number of nitrogens with zero attached hydrogens (tertiary/aromatic N) is 4. The quantitative estimate of drug-likeness (QED) is 0.477. The van der Waals surface area contributed by atoms with Crippen LogP contribution in [0, 0.1) is 0 Å². The van der Waals surface area contributed by atoms with Crippen LogP contribution in [0.5, 0.6) is 11.5 Å². The van der Waals surface area contributed by atoms with Gasteiger partial charge in [-0.05, 0) is 43.3 Å². The minimum Gasteiger partial charge on any atom is -0.507 e. The Balaban J connectivity index is 2.03. The van der Waals surface area contributed by atoms with Gasteiger partial charge >= 0.3 is 0 Å². The molecule has 1 atom stereocenters. The molecule has 2 N–H and O–H groups in total. The van der Waals surface area contributed by atoms with E-state index in [9.17, 15) is 10.2 Å². The first-order valence-corrected chi connectivity index (χ1v) is 10.6. The minimum absolute atomic E-state index is 0.0470. The van der Waals surface area contributed by atoms with E-state index in [0.29, 0.717) is 17.7 Å². The van der Waals surface area contributed by atoms with Crippen LogP contribution in [0.3, 0.4) is 0 Å². The zero-order chi connectivity index (χ0) is 23.2. The van der Waals surface area contributed by atoms with E-state index in [1.807, 2.05) is 31.2 Å². The van der Waals surface area contributed by atoms with Crippen molar-refractivity contribution in [3.63, 3.8) is 0 Å². The number of aliphatic imine (C=N–C) groups is 2. The predicted octanol–water partition coefficient (Wildman–Crippen LogP) is 3.44. The smallest absolute Gasteiger partial charge is 0.124 e. The maximum Gasteiger partial charge on any atom is 0.124 e. The lowest BCUT2D eigenvalue weighted by atomic mass is 10.1. The van der Waals surface area contributed by atoms with Gasteiger partial charge in [0.15, 0.2) is 0 Å². The summed E-state index contributed by atoms with van der Waals surface area (Å²) >= 11 is 0. The lowest BCUT2D eigenvalue weighted by molar-refractivity contribution is -0.884. The molecule has 0 fully saturated rings. The van der Waals surface area contributed by atoms with Crippen LogP contribution < -0.4 is 0 Å². The zero-order valence-corrected chi connectivity index (χ0v) is 20.0. The highest BCUT2D eigenvalue weighted by Crippen LogP contribution is 2.20. The van der Waals surface area contributed by atoms with Gasteiger partial charge in [-0.3, -0.25) is 9.98 Å². The number of rotatable bonds is 9. The summed E-state index contributed by atoms with van der Waals surface area (Å²) in [5, 5.41) is 20.3. The van der Waals surface area contributed by atoms with Crippen LogP contribution in [0.15, 0.2) is 46.4 Å². The molecular formula is C25H38N4O2+2. The highest BCUT2D eigenvalue weighted by molar-refractivity contribution is 5.84. The summed E-state index contributed by atoms with van der Waals surface area (Å²) in [5.41, 5.74) is 3.74. The van der Waals surface area contributed by atoms with Crippen LogP contribution in [0.25, 0.3) is 0 Å². The first kappa shape index (κ1) is 24.6. The third-order valence-corrected chi connectivity index (χ3v) is 4.57. The largest absolute Gasteiger partial charge is 0.507 e. The van der Waals surface area contributed by atoms with Gasteiger partial charge in [0.1, 0.15) is 24.6 Å². The molecule has 0 unspecified atom stereocenters. The second-order valence-electron chi connectivity index (χ2n) is 10.3. The SMILES string of the molecule is C[C@H](CN=Cc1cc(C[N+](C)(C)C)ccc1O)N=Cc1cc(C[N+](C)(C)C)ccc1O. The lowest BCUT2D eigenvalue weighted by Crippen LogP contribution is -2.33. The molecule has 0 heterocycles. The summed E-state index contributed by atoms with van der Waals surface area (Å²) in [6.07, 6.45) is 3.42. The van der Waals surface area contributed by atoms with E-state index in [0.717, 1.165) is 33.2 Å². The van der Waals surface area contributed by atoms with Crippen molar-refractivity contribution in [1.82, 2.24) is 0 Å². The van der Waals surface area contributed by atoms with Crippen LogP contribution in [-0.2, 0) is 13.1 Å². The Kier molecular flexibility index (Phi) is 7.98. The van der Waals surface area contributed by atoms with Crippen molar-refractivity contribution < 1.29 is 19.2 Å². The molecule has 2 rings (SSSR count). The molecule has 2 aromatic rings. The van der Waals surface area contributed by atoms with Gasteiger partial charge in [0, 0.05) is 34.7 Å². The average Bonchev–Trinajstić information content (AvgIpc) is 2.62. The molecule has 0 radical (unpaired) electrons. The predicted molar refractivity (Wildman–Crippen MR) is 129 cm³/mol. The van der Waals surface area contributed by atoms with Crippen LogP contribution in [0.1, 0.15) is 29.2 Å². The summed E-state index contributed by atoms with van der Waals surface area (Å²) in [4.78, 5) is 9.02. The van der Waals surface area contributed by atoms with Crippen molar-refractivity contribution in [2.75, 3.05) is 48.8 Å². The fraction of sp³-hybridized carbons (Fsp3) is 0.440. The van der Waals surface area contributed by atoms with Crippen LogP contribution >= 0.6 is 0 Å². The Morgan fingerprint density at radius 2 is 1.23 bits per heavy atom. The molecule has 168 valence electrons. The summed E-state index contributed by atoms with van der Waals surface area (Å²) < 4.78 is 1.63. The number of hydrogen-bond donors (Lipinski definition) is 2. The topological polar surface area (TPSA) is 65.2 Å². The summed E-state index contributed by atoms with van der Waals surface area (Å²) in [6, 6.07) is 11.3. The monoisotopic (exact) mass is 426 g/mol. The summed E-state index contributed by atoms with van der Waals surface area (Å²) in [7, 11) is 12.8. The molecule has 0 saturated heterocycles. The van der Waals surface area contributed by atoms with Crippen molar-refractivity contribution in [3.8, 4) is 11.5 Å². The highest BCUT2D eigenvalue weighted by atomic mass is 16.3. The normalized spacial score (nSPS) is 13.9. The molecule has 2 aromatic carbocycles. The summed E-state index contributed by atoms with van der Waals surface area (Å²) in [6.45, 7) is 4.22. The van der Waals surface area contributed by atoms with E-state index in [4.69, 9.17) is 0 Å². The molecule has 6 nitrogen and oxygen atoms in total. The van der Waals surface area contributed by atoms with E-state index in [1.54, 1.807) is 24.6 Å². The third kappa shape index (κ3) is 8.90. The minimum atomic E-state index is -0.0470. The van der Waals surface area contributed by atoms with Gasteiger partial charge in [0.2, 0.25) is 0 Å². The van der Waals surface area contributed by atoms with Crippen molar-refractivity contribution in [2.24, 2.45) is 9.98 Å². The second-order valence-corrected chi connectivity index (χ2v) is 10.3. The average molecular weight is 427 g/mol. The molecule has 0 amide bonds. The fourth-order valence-corrected chi connectivity index (χ4v) is 3.27. The van der Waals surface area contributed by atoms with Crippen molar-refractivity contribution in [1.29, 1.82) is 0 Å². The Morgan fingerprint density at radius 1 is 0.774 bits per heavy atom. The summed E-state index contributed by atoms with van der Waals surface area (Å²) in [5.74, 6) is 0.452. The van der Waals surface area contributed by atoms with E-state index < -0.39 is 0 Å². The number of aromatic hydroxyl groups is 2. The van der Waals surface area contributed by atoms with E-state index in [-0.39, 0.29) is 17.5 Å². The number of benzene rings is 2. The molecule has 0 aliphatic carbocycles. The van der Waals surface area contributed by atoms with Gasteiger partial charge in [-0.25, -0.2) is 0 Å². The van der Waals surface area contributed by atoms with Crippen molar-refractivity contribution in [2.45, 2.75) is 26.1 Å². The third-order valence-electron chi connectivity index (χ3n) is 4.57. The van der Waals surface area contributed by atoms with E-state index in [1.165, 1.54) is 0 Å². The van der Waals surface area contributed by atoms with Crippen LogP contribution in [0.2, 0.25) is 0 Å². The van der Waals surface area contributed by atoms with Gasteiger partial charge in [-0.15, -0.1) is 0 Å². The molecule has 0 bridgehead atoms. The second kappa shape index (κ2) is 10.1. The van der Waals surface area contributed by atoms with Crippen LogP contribution in [-0.4, -0.2) is 86.5 Å². The van der Waals surface area contributed by atoms with E-state index >= 15 is 0 Å². The van der Waals surface area contributed by atoms with Gasteiger partial charge in [0.25, 0.3) is 0 Å². The zero-order valence-electron chi connectivity index (χ0n) is 20.0. The first-order chi connectivity index (χ1) is 14.3. The van der Waals surface area contributed by atoms with Gasteiger partial charge in [0.05, 0.1) is 54.9 Å². The van der Waals surface area contributed by atoms with Gasteiger partial charge in [-0.1, -0.05) is 0 Å². The maximum atomic E-state index is 10.2. The molecule has 0 spiro atoms. The Labute approximate surface area is 187 Å². The van der Waals surface area contributed by atoms with Crippen molar-refractivity contribution in [3.05, 3.63) is 58.7 Å². The molecule has 0 saturated carbocycles. The van der Waals surface area contributed by atoms with Gasteiger partial charge < -0.3 is 19.2 Å². The van der Waals surface area contributed by atoms with E-state index in [2.05, 4.69) is 52.3 Å². The highest BCUT2D eigenvalue weighted by Gasteiger charge is 2.11. The number of phenols is 2. The molecule has 0 aromatic heterocycles. The number of phenolic OH excluding ortho intramolecular Hbond substituents is 2. The molecular weight excluding hydrogens is 388 g/mol. The molecule has 0 aliphatic heterocycles. The molecule has 6 heteroatoms. The van der Waals surface area contributed by atoms with Crippen LogP contribution in [0.4, 0.5) is 0 Å².